The lowest BCUT2D eigenvalue weighted by atomic mass is 10.1. The molecule has 4 aromatic rings. The summed E-state index contributed by atoms with van der Waals surface area (Å²) < 4.78 is 61.7. The minimum Gasteiger partial charge on any atom is -0.406 e. The first kappa shape index (κ1) is 29.4. The molecule has 39 heavy (non-hydrogen) atoms. The van der Waals surface area contributed by atoms with Gasteiger partial charge in [-0.25, -0.2) is 13.6 Å². The minimum atomic E-state index is -4.83. The summed E-state index contributed by atoms with van der Waals surface area (Å²) in [6.07, 6.45) is -2.27. The van der Waals surface area contributed by atoms with Crippen molar-refractivity contribution in [1.29, 1.82) is 0 Å². The monoisotopic (exact) mass is 565 g/mol. The number of pyridine rings is 1. The zero-order chi connectivity index (χ0) is 28.7. The van der Waals surface area contributed by atoms with Crippen LogP contribution >= 0.6 is 0 Å². The van der Waals surface area contributed by atoms with E-state index >= 15 is 0 Å². The average molecular weight is 566 g/mol. The fourth-order valence-electron chi connectivity index (χ4n) is 3.58. The maximum Gasteiger partial charge on any atom is 0.573 e. The van der Waals surface area contributed by atoms with Crippen LogP contribution in [0.1, 0.15) is 20.3 Å². The highest BCUT2D eigenvalue weighted by molar-refractivity contribution is 7.69. The molecule has 10 nitrogen and oxygen atoms in total. The second-order valence-electron chi connectivity index (χ2n) is 8.67. The number of aromatic nitrogens is 3. The van der Waals surface area contributed by atoms with Gasteiger partial charge >= 0.3 is 6.36 Å². The lowest BCUT2D eigenvalue weighted by Gasteiger charge is -2.14. The molecule has 2 heterocycles. The number of ether oxygens (including phenoxy) is 1. The Bertz CT molecular complexity index is 1620. The van der Waals surface area contributed by atoms with Crippen molar-refractivity contribution < 1.29 is 26.3 Å². The minimum absolute atomic E-state index is 0.231. The van der Waals surface area contributed by atoms with Gasteiger partial charge in [-0.3, -0.25) is 9.59 Å². The van der Waals surface area contributed by atoms with Crippen LogP contribution in [-0.2, 0) is 17.4 Å². The quantitative estimate of drug-likeness (QED) is 0.291. The zero-order valence-corrected chi connectivity index (χ0v) is 21.8. The number of halogens is 3. The van der Waals surface area contributed by atoms with E-state index in [1.54, 1.807) is 47.2 Å². The Morgan fingerprint density at radius 1 is 0.974 bits per heavy atom. The van der Waals surface area contributed by atoms with Gasteiger partial charge in [-0.1, -0.05) is 32.0 Å². The maximum absolute atomic E-state index is 13.1. The molecule has 0 radical (unpaired) electrons. The fourth-order valence-corrected chi connectivity index (χ4v) is 3.58. The number of aryl methyl sites for hydroxylation is 1. The van der Waals surface area contributed by atoms with Crippen molar-refractivity contribution in [3.63, 3.8) is 0 Å². The maximum atomic E-state index is 13.1. The highest BCUT2D eigenvalue weighted by atomic mass is 32.2. The number of benzene rings is 2. The first-order valence-electron chi connectivity index (χ1n) is 11.6. The normalized spacial score (nSPS) is 11.4. The Morgan fingerprint density at radius 3 is 2.18 bits per heavy atom. The standard InChI is InChI=1S/C25H23F3N4O3.H3NO2S/c1-16(2)13-15-31-14-5-8-21(24(31)34)29-22-19-6-3-4-7-20(19)23(33)32(30-22)17-9-11-18(12-10-17)35-25(26,27)28;1-4(2)3/h3-12,14,16H,13,15H2,1-2H3,(H,29,30);4H,(H2,1,2,3). The summed E-state index contributed by atoms with van der Waals surface area (Å²) in [6.45, 7) is 4.72. The van der Waals surface area contributed by atoms with Crippen LogP contribution in [0.4, 0.5) is 24.7 Å². The van der Waals surface area contributed by atoms with Crippen LogP contribution in [0.3, 0.4) is 0 Å². The number of nitrogens with one attached hydrogen (secondary N) is 1. The molecular weight excluding hydrogens is 539 g/mol. The molecule has 3 N–H and O–H groups in total. The third kappa shape index (κ3) is 8.15. The lowest BCUT2D eigenvalue weighted by molar-refractivity contribution is -0.274. The van der Waals surface area contributed by atoms with Crippen molar-refractivity contribution in [2.24, 2.45) is 11.1 Å². The second kappa shape index (κ2) is 12.6. The van der Waals surface area contributed by atoms with Gasteiger partial charge in [-0.2, -0.15) is 4.68 Å². The first-order valence-corrected chi connectivity index (χ1v) is 12.8. The fraction of sp³-hybridized carbons (Fsp3) is 0.240. The number of anilines is 2. The predicted molar refractivity (Wildman–Crippen MR) is 142 cm³/mol. The van der Waals surface area contributed by atoms with E-state index in [-0.39, 0.29) is 22.8 Å². The van der Waals surface area contributed by atoms with Crippen LogP contribution in [0, 0.1) is 5.92 Å². The summed E-state index contributed by atoms with van der Waals surface area (Å²) in [5.41, 5.74) is -0.169. The van der Waals surface area contributed by atoms with E-state index in [2.05, 4.69) is 34.1 Å². The van der Waals surface area contributed by atoms with Crippen molar-refractivity contribution in [1.82, 2.24) is 14.3 Å². The molecule has 0 aliphatic carbocycles. The summed E-state index contributed by atoms with van der Waals surface area (Å²) >= 11 is 0. The summed E-state index contributed by atoms with van der Waals surface area (Å²) in [7, 11) is -2.62. The van der Waals surface area contributed by atoms with E-state index in [4.69, 9.17) is 8.42 Å². The van der Waals surface area contributed by atoms with Gasteiger partial charge in [0.15, 0.2) is 16.7 Å². The number of hydrogen-bond donors (Lipinski definition) is 3. The van der Waals surface area contributed by atoms with Crippen LogP contribution in [0.2, 0.25) is 0 Å². The Kier molecular flexibility index (Phi) is 9.48. The van der Waals surface area contributed by atoms with Gasteiger partial charge in [-0.15, -0.1) is 18.3 Å². The molecule has 0 fully saturated rings. The zero-order valence-electron chi connectivity index (χ0n) is 20.9. The molecule has 2 aromatic heterocycles. The molecule has 208 valence electrons. The van der Waals surface area contributed by atoms with Crippen molar-refractivity contribution in [3.05, 3.63) is 87.6 Å². The highest BCUT2D eigenvalue weighted by Crippen LogP contribution is 2.25. The Labute approximate surface area is 222 Å². The molecule has 0 spiro atoms. The second-order valence-corrected chi connectivity index (χ2v) is 9.24. The molecular formula is C25H26F3N5O5S. The first-order chi connectivity index (χ1) is 18.4. The van der Waals surface area contributed by atoms with E-state index in [1.165, 1.54) is 12.1 Å². The molecule has 14 heteroatoms. The number of alkyl halides is 3. The number of thiol groups is 1. The summed E-state index contributed by atoms with van der Waals surface area (Å²) in [4.78, 5) is 26.1. The molecule has 0 unspecified atom stereocenters. The van der Waals surface area contributed by atoms with Crippen molar-refractivity contribution in [2.75, 3.05) is 5.32 Å². The predicted octanol–water partition coefficient (Wildman–Crippen LogP) is 3.71. The number of hydrogen-bond acceptors (Lipinski definition) is 7. The Balaban J connectivity index is 0.000000983. The van der Waals surface area contributed by atoms with Gasteiger partial charge < -0.3 is 14.6 Å². The smallest absolute Gasteiger partial charge is 0.406 e. The van der Waals surface area contributed by atoms with Gasteiger partial charge in [0.1, 0.15) is 11.4 Å². The van der Waals surface area contributed by atoms with Gasteiger partial charge in [0.05, 0.1) is 11.1 Å². The molecule has 0 amide bonds. The number of nitrogens with zero attached hydrogens (tertiary/aromatic N) is 3. The van der Waals surface area contributed by atoms with E-state index in [9.17, 15) is 22.8 Å². The van der Waals surface area contributed by atoms with Crippen molar-refractivity contribution >= 4 is 33.2 Å². The summed E-state index contributed by atoms with van der Waals surface area (Å²) in [5, 5.41) is 12.3. The van der Waals surface area contributed by atoms with Crippen LogP contribution in [-0.4, -0.2) is 29.1 Å². The number of rotatable bonds is 7. The molecule has 0 aliphatic heterocycles. The van der Waals surface area contributed by atoms with Crippen LogP contribution < -0.4 is 26.3 Å². The molecule has 0 aliphatic rings. The van der Waals surface area contributed by atoms with E-state index < -0.39 is 28.6 Å². The molecule has 0 atom stereocenters. The molecule has 2 aromatic carbocycles. The number of fused-ring (bicyclic) bond motifs is 1. The summed E-state index contributed by atoms with van der Waals surface area (Å²) in [5.74, 6) is 0.273. The van der Waals surface area contributed by atoms with Crippen LogP contribution in [0.5, 0.6) is 5.75 Å². The van der Waals surface area contributed by atoms with Gasteiger partial charge in [0.25, 0.3) is 11.1 Å². The van der Waals surface area contributed by atoms with E-state index in [1.807, 2.05) is 0 Å². The van der Waals surface area contributed by atoms with Gasteiger partial charge in [-0.05, 0) is 54.8 Å². The molecule has 0 saturated heterocycles. The Hall–Kier alpha value is -4.17. The lowest BCUT2D eigenvalue weighted by Crippen LogP contribution is -2.25. The molecule has 0 saturated carbocycles. The van der Waals surface area contributed by atoms with Crippen LogP contribution in [0.15, 0.2) is 76.4 Å². The Morgan fingerprint density at radius 2 is 1.59 bits per heavy atom. The van der Waals surface area contributed by atoms with Gasteiger partial charge in [0.2, 0.25) is 0 Å². The topological polar surface area (TPSA) is 138 Å². The average Bonchev–Trinajstić information content (AvgIpc) is 2.85. The van der Waals surface area contributed by atoms with Crippen molar-refractivity contribution in [3.8, 4) is 11.4 Å². The molecule has 0 bridgehead atoms. The van der Waals surface area contributed by atoms with Gasteiger partial charge in [0, 0.05) is 18.1 Å². The SMILES string of the molecule is CC(C)CCn1cccc(Nc2nn(-c3ccc(OC(F)(F)F)cc3)c(=O)c3ccccc23)c1=O.N[SH](=O)=O. The largest absolute Gasteiger partial charge is 0.573 e. The summed E-state index contributed by atoms with van der Waals surface area (Å²) in [6, 6.07) is 14.9. The third-order valence-electron chi connectivity index (χ3n) is 5.34. The van der Waals surface area contributed by atoms with Crippen molar-refractivity contribution in [2.45, 2.75) is 33.2 Å². The van der Waals surface area contributed by atoms with E-state index in [0.717, 1.165) is 23.2 Å². The highest BCUT2D eigenvalue weighted by Gasteiger charge is 2.31. The molecule has 4 rings (SSSR count). The van der Waals surface area contributed by atoms with Crippen LogP contribution in [0.25, 0.3) is 16.5 Å². The number of nitrogens with two attached hydrogens (primary N) is 1. The third-order valence-corrected chi connectivity index (χ3v) is 5.34. The van der Waals surface area contributed by atoms with E-state index in [0.29, 0.717) is 23.2 Å².